The minimum absolute atomic E-state index is 0.111. The summed E-state index contributed by atoms with van der Waals surface area (Å²) in [5.74, 6) is 0.695. The number of nitrogens with zero attached hydrogens (tertiary/aromatic N) is 4. The van der Waals surface area contributed by atoms with Gasteiger partial charge in [0.05, 0.1) is 24.1 Å². The predicted molar refractivity (Wildman–Crippen MR) is 144 cm³/mol. The van der Waals surface area contributed by atoms with Gasteiger partial charge in [-0.15, -0.1) is 21.5 Å². The van der Waals surface area contributed by atoms with Crippen LogP contribution in [0.3, 0.4) is 0 Å². The number of carboxylic acid groups (broad SMARTS) is 1. The monoisotopic (exact) mass is 551 g/mol. The molecule has 0 unspecified atom stereocenters. The number of methoxy groups -OCH3 is 1. The number of aromatic nitrogens is 3. The summed E-state index contributed by atoms with van der Waals surface area (Å²) in [5, 5.41) is 18.9. The molecule has 1 aliphatic rings. The highest BCUT2D eigenvalue weighted by Crippen LogP contribution is 2.39. The van der Waals surface area contributed by atoms with E-state index in [1.165, 1.54) is 19.2 Å². The summed E-state index contributed by atoms with van der Waals surface area (Å²) in [6, 6.07) is 12.3. The molecule has 12 heteroatoms. The Hall–Kier alpha value is -4.03. The molecular formula is C26H25N5O5S2. The number of ether oxygens (including phenoxy) is 1. The van der Waals surface area contributed by atoms with Crippen LogP contribution >= 0.6 is 11.3 Å². The summed E-state index contributed by atoms with van der Waals surface area (Å²) in [4.78, 5) is 17.8. The largest absolute Gasteiger partial charge is 0.497 e. The van der Waals surface area contributed by atoms with Gasteiger partial charge in [0, 0.05) is 21.7 Å². The smallest absolute Gasteiger partial charge is 0.306 e. The molecule has 0 fully saturated rings. The quantitative estimate of drug-likeness (QED) is 0.347. The summed E-state index contributed by atoms with van der Waals surface area (Å²) in [6.07, 6.45) is -0.242. The number of thiophene rings is 1. The Morgan fingerprint density at radius 2 is 1.76 bits per heavy atom. The maximum atomic E-state index is 12.9. The summed E-state index contributed by atoms with van der Waals surface area (Å²) in [7, 11) is -2.29. The SMILES string of the molecule is COc1ccc(S(=O)(=O)Nc2ccc(C3=N[C@@H](CC(=O)O)c4nnc(C)n4-c4sc(C)c(C)c43)cc2)cc1. The van der Waals surface area contributed by atoms with E-state index < -0.39 is 22.0 Å². The zero-order valence-electron chi connectivity index (χ0n) is 21.1. The van der Waals surface area contributed by atoms with Gasteiger partial charge < -0.3 is 9.84 Å². The zero-order chi connectivity index (χ0) is 27.2. The average Bonchev–Trinajstić information content (AvgIpc) is 3.36. The molecule has 0 amide bonds. The van der Waals surface area contributed by atoms with E-state index in [4.69, 9.17) is 9.73 Å². The molecular weight excluding hydrogens is 526 g/mol. The van der Waals surface area contributed by atoms with Crippen LogP contribution in [-0.2, 0) is 14.8 Å². The molecule has 2 aromatic heterocycles. The van der Waals surface area contributed by atoms with Crippen molar-refractivity contribution < 1.29 is 23.1 Å². The molecule has 1 aliphatic heterocycles. The van der Waals surface area contributed by atoms with Crippen molar-refractivity contribution in [3.63, 3.8) is 0 Å². The Labute approximate surface area is 223 Å². The number of aliphatic imine (C=N–C) groups is 1. The maximum absolute atomic E-state index is 12.9. The zero-order valence-corrected chi connectivity index (χ0v) is 22.7. The molecule has 2 aromatic carbocycles. The van der Waals surface area contributed by atoms with Crippen molar-refractivity contribution >= 4 is 38.7 Å². The lowest BCUT2D eigenvalue weighted by atomic mass is 9.99. The number of rotatable bonds is 7. The normalized spacial score (nSPS) is 14.7. The van der Waals surface area contributed by atoms with Crippen molar-refractivity contribution in [2.75, 3.05) is 11.8 Å². The number of sulfonamides is 1. The van der Waals surface area contributed by atoms with Crippen LogP contribution in [0.5, 0.6) is 5.75 Å². The fraction of sp³-hybridized carbons (Fsp3) is 0.231. The van der Waals surface area contributed by atoms with E-state index >= 15 is 0 Å². The van der Waals surface area contributed by atoms with Gasteiger partial charge in [-0.25, -0.2) is 8.42 Å². The van der Waals surface area contributed by atoms with Crippen molar-refractivity contribution in [3.8, 4) is 10.8 Å². The van der Waals surface area contributed by atoms with Crippen molar-refractivity contribution in [1.82, 2.24) is 14.8 Å². The van der Waals surface area contributed by atoms with Crippen LogP contribution in [0, 0.1) is 20.8 Å². The molecule has 196 valence electrons. The predicted octanol–water partition coefficient (Wildman–Crippen LogP) is 4.43. The van der Waals surface area contributed by atoms with Gasteiger partial charge in [0.15, 0.2) is 5.82 Å². The van der Waals surface area contributed by atoms with Gasteiger partial charge in [-0.3, -0.25) is 19.1 Å². The first-order chi connectivity index (χ1) is 18.1. The molecule has 0 aliphatic carbocycles. The number of anilines is 1. The van der Waals surface area contributed by atoms with Gasteiger partial charge in [-0.2, -0.15) is 0 Å². The second-order valence-corrected chi connectivity index (χ2v) is 11.7. The minimum atomic E-state index is -3.81. The summed E-state index contributed by atoms with van der Waals surface area (Å²) >= 11 is 1.58. The highest BCUT2D eigenvalue weighted by atomic mass is 32.2. The number of hydrogen-bond acceptors (Lipinski definition) is 8. The fourth-order valence-electron chi connectivity index (χ4n) is 4.36. The van der Waals surface area contributed by atoms with Gasteiger partial charge in [-0.05, 0) is 62.7 Å². The Morgan fingerprint density at radius 1 is 1.08 bits per heavy atom. The van der Waals surface area contributed by atoms with Crippen molar-refractivity contribution in [3.05, 3.63) is 81.7 Å². The van der Waals surface area contributed by atoms with Crippen molar-refractivity contribution in [1.29, 1.82) is 0 Å². The molecule has 0 spiro atoms. The lowest BCUT2D eigenvalue weighted by Crippen LogP contribution is -2.13. The number of aryl methyl sites for hydroxylation is 2. The number of benzene rings is 2. The fourth-order valence-corrected chi connectivity index (χ4v) is 6.63. The van der Waals surface area contributed by atoms with Crippen LogP contribution in [0.1, 0.15) is 45.7 Å². The molecule has 5 rings (SSSR count). The molecule has 38 heavy (non-hydrogen) atoms. The highest BCUT2D eigenvalue weighted by Gasteiger charge is 2.32. The third-order valence-electron chi connectivity index (χ3n) is 6.39. The third-order valence-corrected chi connectivity index (χ3v) is 8.98. The van der Waals surface area contributed by atoms with Crippen molar-refractivity contribution in [2.45, 2.75) is 38.1 Å². The molecule has 10 nitrogen and oxygen atoms in total. The molecule has 0 radical (unpaired) electrons. The van der Waals surface area contributed by atoms with Crippen LogP contribution in [0.4, 0.5) is 5.69 Å². The Balaban J connectivity index is 1.54. The number of carbonyl (C=O) groups is 1. The molecule has 2 N–H and O–H groups in total. The van der Waals surface area contributed by atoms with Crippen LogP contribution in [0.25, 0.3) is 5.00 Å². The van der Waals surface area contributed by atoms with Gasteiger partial charge >= 0.3 is 5.97 Å². The lowest BCUT2D eigenvalue weighted by Gasteiger charge is -2.12. The number of aliphatic carboxylic acids is 1. The average molecular weight is 552 g/mol. The summed E-state index contributed by atoms with van der Waals surface area (Å²) < 4.78 is 35.3. The first-order valence-electron chi connectivity index (χ1n) is 11.7. The highest BCUT2D eigenvalue weighted by molar-refractivity contribution is 7.92. The van der Waals surface area contributed by atoms with E-state index in [-0.39, 0.29) is 11.3 Å². The Morgan fingerprint density at radius 3 is 2.39 bits per heavy atom. The second-order valence-electron chi connectivity index (χ2n) is 8.85. The number of carboxylic acids is 1. The molecule has 1 atom stereocenters. The van der Waals surface area contributed by atoms with Gasteiger partial charge in [0.1, 0.15) is 22.6 Å². The third kappa shape index (κ3) is 4.56. The maximum Gasteiger partial charge on any atom is 0.306 e. The first-order valence-corrected chi connectivity index (χ1v) is 14.0. The lowest BCUT2D eigenvalue weighted by molar-refractivity contribution is -0.137. The van der Waals surface area contributed by atoms with E-state index in [0.717, 1.165) is 26.6 Å². The minimum Gasteiger partial charge on any atom is -0.497 e. The Kier molecular flexibility index (Phi) is 6.53. The van der Waals surface area contributed by atoms with Crippen LogP contribution in [0.15, 0.2) is 58.4 Å². The van der Waals surface area contributed by atoms with E-state index in [9.17, 15) is 18.3 Å². The molecule has 0 bridgehead atoms. The number of nitrogens with one attached hydrogen (secondary N) is 1. The van der Waals surface area contributed by atoms with E-state index in [2.05, 4.69) is 14.9 Å². The van der Waals surface area contributed by atoms with E-state index in [1.807, 2.05) is 25.3 Å². The van der Waals surface area contributed by atoms with Crippen molar-refractivity contribution in [2.24, 2.45) is 4.99 Å². The van der Waals surface area contributed by atoms with Gasteiger partial charge in [0.25, 0.3) is 10.0 Å². The molecule has 0 saturated heterocycles. The van der Waals surface area contributed by atoms with E-state index in [1.54, 1.807) is 47.7 Å². The van der Waals surface area contributed by atoms with E-state index in [0.29, 0.717) is 28.8 Å². The molecule has 0 saturated carbocycles. The molecule has 3 heterocycles. The van der Waals surface area contributed by atoms with Crippen LogP contribution in [0.2, 0.25) is 0 Å². The Bertz CT molecular complexity index is 1670. The first kappa shape index (κ1) is 25.6. The van der Waals surface area contributed by atoms with Crippen LogP contribution < -0.4 is 9.46 Å². The summed E-state index contributed by atoms with van der Waals surface area (Å²) in [5.41, 5.74) is 3.65. The second kappa shape index (κ2) is 9.69. The summed E-state index contributed by atoms with van der Waals surface area (Å²) in [6.45, 7) is 5.86. The number of hydrogen-bond donors (Lipinski definition) is 2. The van der Waals surface area contributed by atoms with Gasteiger partial charge in [-0.1, -0.05) is 12.1 Å². The standard InChI is InChI=1S/C26H25N5O5S2/c1-14-15(2)37-26-23(14)24(27-21(13-22(32)33)25-29-28-16(3)31(25)26)17-5-7-18(8-6-17)30-38(34,35)20-11-9-19(36-4)10-12-20/h5-12,21,30H,13H2,1-4H3,(H,32,33)/t21-/m0/s1. The molecule has 4 aromatic rings. The van der Waals surface area contributed by atoms with Crippen LogP contribution in [-0.4, -0.2) is 47.1 Å². The topological polar surface area (TPSA) is 136 Å². The van der Waals surface area contributed by atoms with Gasteiger partial charge in [0.2, 0.25) is 0 Å². The number of fused-ring (bicyclic) bond motifs is 3.